The van der Waals surface area contributed by atoms with Crippen LogP contribution in [0.3, 0.4) is 0 Å². The number of nitrogens with zero attached hydrogens (tertiary/aromatic N) is 4. The van der Waals surface area contributed by atoms with Crippen molar-refractivity contribution in [2.75, 3.05) is 4.90 Å². The molecular formula is C19H16FN5O3. The van der Waals surface area contributed by atoms with Gasteiger partial charge in [-0.15, -0.1) is 0 Å². The molecule has 0 radical (unpaired) electrons. The van der Waals surface area contributed by atoms with Gasteiger partial charge >= 0.3 is 11.7 Å². The van der Waals surface area contributed by atoms with Crippen LogP contribution in [0, 0.1) is 5.82 Å². The summed E-state index contributed by atoms with van der Waals surface area (Å²) in [5.74, 6) is -0.664. The Bertz CT molecular complexity index is 1110. The van der Waals surface area contributed by atoms with E-state index in [9.17, 15) is 18.8 Å². The lowest BCUT2D eigenvalue weighted by Crippen LogP contribution is -2.37. The number of nitrogens with one attached hydrogen (secondary N) is 1. The van der Waals surface area contributed by atoms with Gasteiger partial charge in [-0.05, 0) is 18.2 Å². The molecule has 0 saturated heterocycles. The number of aromatic nitrogens is 3. The molecule has 9 heteroatoms. The molecule has 1 N–H and O–H groups in total. The minimum absolute atomic E-state index is 0.00542. The van der Waals surface area contributed by atoms with Crippen molar-refractivity contribution in [2.45, 2.75) is 19.6 Å². The fourth-order valence-corrected chi connectivity index (χ4v) is 3.02. The second-order valence-electron chi connectivity index (χ2n) is 6.26. The van der Waals surface area contributed by atoms with Gasteiger partial charge in [0.2, 0.25) is 5.91 Å². The Balaban J connectivity index is 1.45. The molecule has 0 saturated carbocycles. The third-order valence-electron chi connectivity index (χ3n) is 4.42. The Morgan fingerprint density at radius 1 is 1.07 bits per heavy atom. The predicted octanol–water partition coefficient (Wildman–Crippen LogP) is 1.49. The second kappa shape index (κ2) is 7.10. The number of carbonyl (C=O) groups is 2. The molecular weight excluding hydrogens is 365 g/mol. The Hall–Kier alpha value is -3.75. The van der Waals surface area contributed by atoms with E-state index in [1.165, 1.54) is 11.0 Å². The van der Waals surface area contributed by atoms with E-state index >= 15 is 0 Å². The normalized spacial score (nSPS) is 12.9. The summed E-state index contributed by atoms with van der Waals surface area (Å²) in [7, 11) is 0. The van der Waals surface area contributed by atoms with Crippen molar-refractivity contribution in [1.29, 1.82) is 0 Å². The number of amides is 2. The third-order valence-corrected chi connectivity index (χ3v) is 4.42. The van der Waals surface area contributed by atoms with E-state index in [-0.39, 0.29) is 25.5 Å². The van der Waals surface area contributed by atoms with E-state index in [4.69, 9.17) is 0 Å². The molecule has 1 aliphatic heterocycles. The molecule has 142 valence electrons. The number of fused-ring (bicyclic) bond motifs is 1. The maximum Gasteiger partial charge on any atom is 0.354 e. The van der Waals surface area contributed by atoms with E-state index < -0.39 is 23.4 Å². The highest BCUT2D eigenvalue weighted by molar-refractivity contribution is 5.96. The monoisotopic (exact) mass is 381 g/mol. The first kappa shape index (κ1) is 17.7. The van der Waals surface area contributed by atoms with E-state index in [1.54, 1.807) is 42.5 Å². The van der Waals surface area contributed by atoms with Gasteiger partial charge in [0.1, 0.15) is 12.4 Å². The first-order chi connectivity index (χ1) is 13.5. The van der Waals surface area contributed by atoms with Crippen molar-refractivity contribution in [1.82, 2.24) is 19.7 Å². The molecule has 2 aromatic carbocycles. The lowest BCUT2D eigenvalue weighted by Gasteiger charge is -2.14. The van der Waals surface area contributed by atoms with Crippen molar-refractivity contribution >= 4 is 17.6 Å². The summed E-state index contributed by atoms with van der Waals surface area (Å²) in [4.78, 5) is 38.6. The first-order valence-electron chi connectivity index (χ1n) is 8.60. The number of rotatable bonds is 5. The van der Waals surface area contributed by atoms with Crippen molar-refractivity contribution in [3.05, 3.63) is 82.3 Å². The van der Waals surface area contributed by atoms with E-state index in [0.717, 1.165) is 9.25 Å². The standard InChI is InChI=1S/C19H16FN5O3/c20-15-9-5-4-6-13(15)10-21-17(26)12-24-19(28)25-16(22-24)11-23(18(25)27)14-7-2-1-3-8-14/h1-9H,10-12H2,(H,21,26). The number of benzene rings is 2. The zero-order valence-corrected chi connectivity index (χ0v) is 14.7. The Morgan fingerprint density at radius 2 is 1.79 bits per heavy atom. The first-order valence-corrected chi connectivity index (χ1v) is 8.60. The maximum atomic E-state index is 13.6. The molecule has 0 atom stereocenters. The smallest absolute Gasteiger partial charge is 0.350 e. The fraction of sp³-hybridized carbons (Fsp3) is 0.158. The van der Waals surface area contributed by atoms with Gasteiger partial charge in [-0.1, -0.05) is 36.4 Å². The van der Waals surface area contributed by atoms with Gasteiger partial charge in [0, 0.05) is 17.8 Å². The topological polar surface area (TPSA) is 89.2 Å². The minimum atomic E-state index is -0.681. The summed E-state index contributed by atoms with van der Waals surface area (Å²) in [6.45, 7) is -0.220. The zero-order valence-electron chi connectivity index (χ0n) is 14.7. The molecule has 4 rings (SSSR count). The van der Waals surface area contributed by atoms with E-state index in [0.29, 0.717) is 11.3 Å². The van der Waals surface area contributed by atoms with Crippen LogP contribution in [0.5, 0.6) is 0 Å². The molecule has 3 aromatic rings. The summed E-state index contributed by atoms with van der Waals surface area (Å²) in [5.41, 5.74) is 0.315. The van der Waals surface area contributed by atoms with Crippen LogP contribution in [-0.2, 0) is 24.4 Å². The predicted molar refractivity (Wildman–Crippen MR) is 98.2 cm³/mol. The van der Waals surface area contributed by atoms with Crippen LogP contribution in [0.4, 0.5) is 14.9 Å². The van der Waals surface area contributed by atoms with Gasteiger partial charge in [0.05, 0.1) is 6.54 Å². The third kappa shape index (κ3) is 3.18. The largest absolute Gasteiger partial charge is 0.354 e. The summed E-state index contributed by atoms with van der Waals surface area (Å²) < 4.78 is 15.5. The van der Waals surface area contributed by atoms with Crippen LogP contribution < -0.4 is 15.9 Å². The molecule has 2 amide bonds. The van der Waals surface area contributed by atoms with Crippen LogP contribution in [0.2, 0.25) is 0 Å². The van der Waals surface area contributed by atoms with Crippen molar-refractivity contribution < 1.29 is 14.0 Å². The quantitative estimate of drug-likeness (QED) is 0.725. The van der Waals surface area contributed by atoms with Gasteiger partial charge in [0.15, 0.2) is 5.82 Å². The van der Waals surface area contributed by atoms with Gasteiger partial charge in [-0.3, -0.25) is 9.69 Å². The lowest BCUT2D eigenvalue weighted by molar-refractivity contribution is -0.122. The van der Waals surface area contributed by atoms with Crippen LogP contribution in [-0.4, -0.2) is 26.3 Å². The fourth-order valence-electron chi connectivity index (χ4n) is 3.02. The Morgan fingerprint density at radius 3 is 2.50 bits per heavy atom. The number of anilines is 1. The highest BCUT2D eigenvalue weighted by Gasteiger charge is 2.33. The van der Waals surface area contributed by atoms with Crippen molar-refractivity contribution in [3.63, 3.8) is 0 Å². The molecule has 2 heterocycles. The van der Waals surface area contributed by atoms with Crippen molar-refractivity contribution in [2.24, 2.45) is 0 Å². The number of halogens is 1. The molecule has 0 aliphatic carbocycles. The summed E-state index contributed by atoms with van der Waals surface area (Å²) in [6.07, 6.45) is 0. The molecule has 28 heavy (non-hydrogen) atoms. The Labute approximate surface area is 158 Å². The average Bonchev–Trinajstić information content (AvgIpc) is 3.18. The SMILES string of the molecule is O=C(Cn1nc2n(c1=O)C(=O)N(c1ccccc1)C2)NCc1ccccc1F. The van der Waals surface area contributed by atoms with Gasteiger partial charge in [-0.25, -0.2) is 18.7 Å². The summed E-state index contributed by atoms with van der Waals surface area (Å²) >= 11 is 0. The van der Waals surface area contributed by atoms with Crippen molar-refractivity contribution in [3.8, 4) is 0 Å². The molecule has 0 spiro atoms. The Kier molecular flexibility index (Phi) is 4.48. The second-order valence-corrected chi connectivity index (χ2v) is 6.26. The lowest BCUT2D eigenvalue weighted by atomic mass is 10.2. The van der Waals surface area contributed by atoms with Crippen LogP contribution >= 0.6 is 0 Å². The zero-order chi connectivity index (χ0) is 19.7. The maximum absolute atomic E-state index is 13.6. The van der Waals surface area contributed by atoms with Crippen LogP contribution in [0.15, 0.2) is 59.4 Å². The summed E-state index contributed by atoms with van der Waals surface area (Å²) in [5, 5.41) is 6.64. The highest BCUT2D eigenvalue weighted by Crippen LogP contribution is 2.21. The number of hydrogen-bond donors (Lipinski definition) is 1. The molecule has 1 aromatic heterocycles. The molecule has 0 bridgehead atoms. The average molecular weight is 381 g/mol. The van der Waals surface area contributed by atoms with E-state index in [2.05, 4.69) is 10.4 Å². The number of hydrogen-bond acceptors (Lipinski definition) is 4. The molecule has 0 fully saturated rings. The molecule has 8 nitrogen and oxygen atoms in total. The van der Waals surface area contributed by atoms with Crippen LogP contribution in [0.25, 0.3) is 0 Å². The van der Waals surface area contributed by atoms with E-state index in [1.807, 2.05) is 6.07 Å². The highest BCUT2D eigenvalue weighted by atomic mass is 19.1. The summed E-state index contributed by atoms with van der Waals surface area (Å²) in [6, 6.07) is 14.5. The number of carbonyl (C=O) groups excluding carboxylic acids is 2. The molecule has 0 unspecified atom stereocenters. The number of para-hydroxylation sites is 1. The molecule has 1 aliphatic rings. The van der Waals surface area contributed by atoms with Gasteiger partial charge in [0.25, 0.3) is 0 Å². The van der Waals surface area contributed by atoms with Gasteiger partial charge < -0.3 is 5.32 Å². The minimum Gasteiger partial charge on any atom is -0.350 e. The van der Waals surface area contributed by atoms with Gasteiger partial charge in [-0.2, -0.15) is 9.67 Å². The van der Waals surface area contributed by atoms with Crippen LogP contribution in [0.1, 0.15) is 11.4 Å².